The Kier molecular flexibility index (Phi) is 20.9. The summed E-state index contributed by atoms with van der Waals surface area (Å²) in [4.78, 5) is 11.6. The molecular formula is C25H49NO3. The first-order valence-electron chi connectivity index (χ1n) is 12.3. The minimum absolute atomic E-state index is 0.0608. The first-order chi connectivity index (χ1) is 14.1. The van der Waals surface area contributed by atoms with E-state index in [1.807, 2.05) is 13.8 Å². The van der Waals surface area contributed by atoms with Crippen molar-refractivity contribution in [3.8, 4) is 0 Å². The van der Waals surface area contributed by atoms with Gasteiger partial charge in [0.15, 0.2) is 0 Å². The zero-order valence-electron chi connectivity index (χ0n) is 19.7. The Bertz CT molecular complexity index is 403. The Balaban J connectivity index is 3.26. The number of amides is 1. The molecule has 0 saturated heterocycles. The molecule has 0 radical (unpaired) electrons. The van der Waals surface area contributed by atoms with Crippen LogP contribution < -0.4 is 5.32 Å². The van der Waals surface area contributed by atoms with E-state index >= 15 is 0 Å². The normalized spacial score (nSPS) is 10.8. The van der Waals surface area contributed by atoms with Crippen molar-refractivity contribution >= 4 is 6.09 Å². The Morgan fingerprint density at radius 3 is 1.52 bits per heavy atom. The Morgan fingerprint density at radius 1 is 0.724 bits per heavy atom. The minimum atomic E-state index is -0.391. The number of allylic oxidation sites excluding steroid dienone is 1. The van der Waals surface area contributed by atoms with Crippen molar-refractivity contribution in [3.05, 3.63) is 11.1 Å². The van der Waals surface area contributed by atoms with Gasteiger partial charge in [-0.3, -0.25) is 0 Å². The van der Waals surface area contributed by atoms with Crippen LogP contribution in [0.5, 0.6) is 0 Å². The molecule has 0 spiro atoms. The SMILES string of the molecule is CCCCCCCCCCCCCCCCCCNC(=O)OCC(CO)=C(C)C. The van der Waals surface area contributed by atoms with Crippen molar-refractivity contribution in [2.75, 3.05) is 19.8 Å². The second kappa shape index (κ2) is 21.7. The van der Waals surface area contributed by atoms with Gasteiger partial charge in [0.25, 0.3) is 0 Å². The van der Waals surface area contributed by atoms with Crippen molar-refractivity contribution in [1.82, 2.24) is 5.32 Å². The lowest BCUT2D eigenvalue weighted by molar-refractivity contribution is 0.151. The molecule has 0 aromatic carbocycles. The summed E-state index contributed by atoms with van der Waals surface area (Å²) in [5.74, 6) is 0. The monoisotopic (exact) mass is 411 g/mol. The fourth-order valence-electron chi connectivity index (χ4n) is 3.42. The molecule has 0 heterocycles. The Labute approximate surface area is 180 Å². The van der Waals surface area contributed by atoms with E-state index in [-0.39, 0.29) is 13.2 Å². The first-order valence-corrected chi connectivity index (χ1v) is 12.3. The highest BCUT2D eigenvalue weighted by Gasteiger charge is 2.04. The third-order valence-electron chi connectivity index (χ3n) is 5.58. The van der Waals surface area contributed by atoms with Gasteiger partial charge in [0, 0.05) is 6.54 Å². The number of ether oxygens (including phenoxy) is 1. The van der Waals surface area contributed by atoms with Crippen LogP contribution in [0.4, 0.5) is 4.79 Å². The Morgan fingerprint density at radius 2 is 1.14 bits per heavy atom. The Hall–Kier alpha value is -1.03. The van der Waals surface area contributed by atoms with E-state index in [0.717, 1.165) is 24.0 Å². The largest absolute Gasteiger partial charge is 0.445 e. The predicted octanol–water partition coefficient (Wildman–Crippen LogP) is 7.30. The van der Waals surface area contributed by atoms with E-state index in [4.69, 9.17) is 4.74 Å². The van der Waals surface area contributed by atoms with Gasteiger partial charge in [-0.25, -0.2) is 4.79 Å². The molecular weight excluding hydrogens is 362 g/mol. The van der Waals surface area contributed by atoms with Gasteiger partial charge in [-0.05, 0) is 25.8 Å². The van der Waals surface area contributed by atoms with E-state index < -0.39 is 6.09 Å². The number of aliphatic hydroxyl groups excluding tert-OH is 1. The van der Waals surface area contributed by atoms with Crippen molar-refractivity contribution in [1.29, 1.82) is 0 Å². The third kappa shape index (κ3) is 20.0. The zero-order chi connectivity index (χ0) is 21.6. The van der Waals surface area contributed by atoms with Crippen LogP contribution in [0.1, 0.15) is 124 Å². The molecule has 0 aromatic rings. The van der Waals surface area contributed by atoms with Gasteiger partial charge in [-0.2, -0.15) is 0 Å². The van der Waals surface area contributed by atoms with Gasteiger partial charge in [0.05, 0.1) is 6.61 Å². The highest BCUT2D eigenvalue weighted by Crippen LogP contribution is 2.13. The second-order valence-corrected chi connectivity index (χ2v) is 8.57. The summed E-state index contributed by atoms with van der Waals surface area (Å²) in [5, 5.41) is 12.0. The van der Waals surface area contributed by atoms with Crippen LogP contribution in [-0.4, -0.2) is 31.0 Å². The van der Waals surface area contributed by atoms with Crippen LogP contribution in [0.15, 0.2) is 11.1 Å². The minimum Gasteiger partial charge on any atom is -0.445 e. The van der Waals surface area contributed by atoms with E-state index in [0.29, 0.717) is 6.54 Å². The molecule has 1 amide bonds. The second-order valence-electron chi connectivity index (χ2n) is 8.57. The maximum Gasteiger partial charge on any atom is 0.407 e. The fourth-order valence-corrected chi connectivity index (χ4v) is 3.42. The van der Waals surface area contributed by atoms with Gasteiger partial charge in [0.2, 0.25) is 0 Å². The van der Waals surface area contributed by atoms with Crippen LogP contribution in [0.25, 0.3) is 0 Å². The molecule has 172 valence electrons. The molecule has 0 aromatic heterocycles. The van der Waals surface area contributed by atoms with Crippen molar-refractivity contribution in [2.24, 2.45) is 0 Å². The summed E-state index contributed by atoms with van der Waals surface area (Å²) < 4.78 is 5.12. The number of hydrogen-bond donors (Lipinski definition) is 2. The number of nitrogens with one attached hydrogen (secondary N) is 1. The molecule has 0 aliphatic carbocycles. The molecule has 4 heteroatoms. The fraction of sp³-hybridized carbons (Fsp3) is 0.880. The number of carbonyl (C=O) groups excluding carboxylic acids is 1. The molecule has 0 bridgehead atoms. The molecule has 0 rings (SSSR count). The molecule has 0 fully saturated rings. The van der Waals surface area contributed by atoms with Crippen LogP contribution >= 0.6 is 0 Å². The van der Waals surface area contributed by atoms with E-state index in [2.05, 4.69) is 12.2 Å². The topological polar surface area (TPSA) is 58.6 Å². The molecule has 29 heavy (non-hydrogen) atoms. The summed E-state index contributed by atoms with van der Waals surface area (Å²) in [7, 11) is 0. The van der Waals surface area contributed by atoms with Crippen molar-refractivity contribution < 1.29 is 14.6 Å². The smallest absolute Gasteiger partial charge is 0.407 e. The third-order valence-corrected chi connectivity index (χ3v) is 5.58. The van der Waals surface area contributed by atoms with Gasteiger partial charge in [-0.15, -0.1) is 0 Å². The van der Waals surface area contributed by atoms with E-state index in [9.17, 15) is 9.90 Å². The lowest BCUT2D eigenvalue weighted by Crippen LogP contribution is -2.26. The summed E-state index contributed by atoms with van der Waals surface area (Å²) in [5.41, 5.74) is 1.76. The average molecular weight is 412 g/mol. The molecule has 0 saturated carbocycles. The van der Waals surface area contributed by atoms with Crippen LogP contribution in [0.2, 0.25) is 0 Å². The van der Waals surface area contributed by atoms with Gasteiger partial charge >= 0.3 is 6.09 Å². The quantitative estimate of drug-likeness (QED) is 0.163. The first kappa shape index (κ1) is 28.0. The number of alkyl carbamates (subject to hydrolysis) is 1. The van der Waals surface area contributed by atoms with Gasteiger partial charge in [0.1, 0.15) is 6.61 Å². The van der Waals surface area contributed by atoms with E-state index in [1.165, 1.54) is 89.9 Å². The van der Waals surface area contributed by atoms with Crippen LogP contribution in [-0.2, 0) is 4.74 Å². The van der Waals surface area contributed by atoms with Gasteiger partial charge in [-0.1, -0.05) is 109 Å². The molecule has 0 atom stereocenters. The van der Waals surface area contributed by atoms with Crippen LogP contribution in [0, 0.1) is 0 Å². The lowest BCUT2D eigenvalue weighted by atomic mass is 10.0. The number of unbranched alkanes of at least 4 members (excludes halogenated alkanes) is 15. The summed E-state index contributed by atoms with van der Waals surface area (Å²) in [6.07, 6.45) is 21.2. The molecule has 4 nitrogen and oxygen atoms in total. The molecule has 2 N–H and O–H groups in total. The predicted molar refractivity (Wildman–Crippen MR) is 124 cm³/mol. The highest BCUT2D eigenvalue weighted by molar-refractivity contribution is 5.67. The summed E-state index contributed by atoms with van der Waals surface area (Å²) in [6, 6.07) is 0. The zero-order valence-corrected chi connectivity index (χ0v) is 19.7. The summed E-state index contributed by atoms with van der Waals surface area (Å²) in [6.45, 7) is 6.87. The number of hydrogen-bond acceptors (Lipinski definition) is 3. The molecule has 0 aliphatic rings. The van der Waals surface area contributed by atoms with Crippen molar-refractivity contribution in [3.63, 3.8) is 0 Å². The molecule has 0 unspecified atom stereocenters. The standard InChI is InChI=1S/C25H49NO3/c1-4-5-6-7-8-9-10-11-12-13-14-15-16-17-18-19-20-26-25(28)29-22-24(21-27)23(2)3/h27H,4-22H2,1-3H3,(H,26,28). The summed E-state index contributed by atoms with van der Waals surface area (Å²) >= 11 is 0. The maximum atomic E-state index is 11.6. The maximum absolute atomic E-state index is 11.6. The average Bonchev–Trinajstić information content (AvgIpc) is 2.70. The van der Waals surface area contributed by atoms with Crippen molar-refractivity contribution in [2.45, 2.75) is 124 Å². The van der Waals surface area contributed by atoms with E-state index in [1.54, 1.807) is 0 Å². The molecule has 0 aliphatic heterocycles. The highest BCUT2D eigenvalue weighted by atomic mass is 16.5. The van der Waals surface area contributed by atoms with Gasteiger partial charge < -0.3 is 15.2 Å². The van der Waals surface area contributed by atoms with Crippen LogP contribution in [0.3, 0.4) is 0 Å². The lowest BCUT2D eigenvalue weighted by Gasteiger charge is -2.09. The number of rotatable bonds is 20. The number of aliphatic hydroxyl groups is 1. The number of carbonyl (C=O) groups is 1.